The first-order valence-electron chi connectivity index (χ1n) is 11.3. The molecule has 1 aromatic heterocycles. The summed E-state index contributed by atoms with van der Waals surface area (Å²) in [6.07, 6.45) is -2.86. The van der Waals surface area contributed by atoms with E-state index in [4.69, 9.17) is 9.47 Å². The summed E-state index contributed by atoms with van der Waals surface area (Å²) in [6, 6.07) is 0. The fraction of sp³-hybridized carbons (Fsp3) is 0.609. The molecule has 11 heteroatoms. The monoisotopic (exact) mass is 481 g/mol. The molecule has 3 unspecified atom stereocenters. The largest absolute Gasteiger partial charge is 0.438 e. The van der Waals surface area contributed by atoms with E-state index in [0.29, 0.717) is 33.0 Å². The summed E-state index contributed by atoms with van der Waals surface area (Å²) in [5, 5.41) is 10.6. The van der Waals surface area contributed by atoms with Crippen LogP contribution in [0.5, 0.6) is 0 Å². The van der Waals surface area contributed by atoms with Gasteiger partial charge in [0.15, 0.2) is 12.5 Å². The zero-order valence-electron chi connectivity index (χ0n) is 20.5. The summed E-state index contributed by atoms with van der Waals surface area (Å²) in [4.78, 5) is 64.5. The van der Waals surface area contributed by atoms with E-state index in [2.05, 4.69) is 13.2 Å². The molecular weight excluding hydrogens is 446 g/mol. The van der Waals surface area contributed by atoms with E-state index in [-0.39, 0.29) is 30.4 Å². The lowest BCUT2D eigenvalue weighted by Crippen LogP contribution is -2.58. The molecule has 1 N–H and O–H groups in total. The Morgan fingerprint density at radius 1 is 0.735 bits per heavy atom. The predicted octanol–water partition coefficient (Wildman–Crippen LogP) is 2.30. The number of hydrogen-bond donors (Lipinski definition) is 1. The van der Waals surface area contributed by atoms with Crippen LogP contribution >= 0.6 is 0 Å². The summed E-state index contributed by atoms with van der Waals surface area (Å²) in [5.74, 6) is -1.66. The molecule has 3 atom stereocenters. The van der Waals surface area contributed by atoms with E-state index < -0.39 is 47.7 Å². The van der Waals surface area contributed by atoms with E-state index in [0.717, 1.165) is 0 Å². The zero-order valence-corrected chi connectivity index (χ0v) is 20.5. The van der Waals surface area contributed by atoms with Crippen molar-refractivity contribution in [3.63, 3.8) is 0 Å². The van der Waals surface area contributed by atoms with Gasteiger partial charge in [-0.15, -0.1) is 0 Å². The van der Waals surface area contributed by atoms with Gasteiger partial charge in [-0.3, -0.25) is 0 Å². The fourth-order valence-corrected chi connectivity index (χ4v) is 3.15. The minimum atomic E-state index is -1.55. The second-order valence-corrected chi connectivity index (χ2v) is 8.08. The molecule has 0 aromatic carbocycles. The van der Waals surface area contributed by atoms with Crippen LogP contribution in [0.2, 0.25) is 0 Å². The smallest absolute Gasteiger partial charge is 0.342 e. The topological polar surface area (TPSA) is 139 Å². The van der Waals surface area contributed by atoms with Crippen molar-refractivity contribution in [3.8, 4) is 0 Å². The fourth-order valence-electron chi connectivity index (χ4n) is 3.15. The number of nitrogens with zero attached hydrogens (tertiary/aromatic N) is 3. The highest BCUT2D eigenvalue weighted by molar-refractivity contribution is 5.87. The summed E-state index contributed by atoms with van der Waals surface area (Å²) < 4.78 is 12.4. The lowest BCUT2D eigenvalue weighted by atomic mass is 10.2. The van der Waals surface area contributed by atoms with Gasteiger partial charge < -0.3 is 14.6 Å². The van der Waals surface area contributed by atoms with Crippen LogP contribution in [0, 0.1) is 0 Å². The Kier molecular flexibility index (Phi) is 10.9. The van der Waals surface area contributed by atoms with Crippen molar-refractivity contribution in [2.75, 3.05) is 0 Å². The van der Waals surface area contributed by atoms with Gasteiger partial charge in [-0.2, -0.15) is 0 Å². The quantitative estimate of drug-likeness (QED) is 0.334. The van der Waals surface area contributed by atoms with Gasteiger partial charge in [0.2, 0.25) is 0 Å². The van der Waals surface area contributed by atoms with Gasteiger partial charge in [-0.25, -0.2) is 37.7 Å². The van der Waals surface area contributed by atoms with Gasteiger partial charge in [0.1, 0.15) is 6.23 Å². The molecule has 0 amide bonds. The molecule has 1 heterocycles. The predicted molar refractivity (Wildman–Crippen MR) is 125 cm³/mol. The van der Waals surface area contributed by atoms with Gasteiger partial charge in [-0.1, -0.05) is 53.2 Å². The highest BCUT2D eigenvalue weighted by Gasteiger charge is 2.30. The Morgan fingerprint density at radius 3 is 1.35 bits per heavy atom. The zero-order chi connectivity index (χ0) is 26.2. The Labute approximate surface area is 197 Å². The molecule has 1 rings (SSSR count). The summed E-state index contributed by atoms with van der Waals surface area (Å²) in [5.41, 5.74) is -3.31. The number of esters is 2. The van der Waals surface area contributed by atoms with E-state index in [1.54, 1.807) is 20.8 Å². The molecule has 0 radical (unpaired) electrons. The maximum Gasteiger partial charge on any atom is 0.342 e. The number of hydrogen-bond acceptors (Lipinski definition) is 8. The van der Waals surface area contributed by atoms with Crippen LogP contribution in [-0.4, -0.2) is 30.7 Å². The first-order valence-corrected chi connectivity index (χ1v) is 11.3. The van der Waals surface area contributed by atoms with Gasteiger partial charge in [0, 0.05) is 24.0 Å². The average Bonchev–Trinajstić information content (AvgIpc) is 2.73. The average molecular weight is 482 g/mol. The van der Waals surface area contributed by atoms with Crippen molar-refractivity contribution in [3.05, 3.63) is 55.8 Å². The third-order valence-electron chi connectivity index (χ3n) is 4.91. The van der Waals surface area contributed by atoms with E-state index in [9.17, 15) is 29.1 Å². The summed E-state index contributed by atoms with van der Waals surface area (Å²) in [7, 11) is 0. The number of aliphatic hydroxyl groups excluding tert-OH is 1. The van der Waals surface area contributed by atoms with Crippen LogP contribution in [-0.2, 0) is 19.1 Å². The standard InChI is InChI=1S/C23H35N3O8/c1-8-11-16(27)24-21(30)25(17(12-9-2)33-19(28)14(4)5)23(32)26(22(24)31)18(13-10-3)34-20(29)15(6)7/h16-18,27H,4,6,8-13H2,1-3,5,7H3. The number of aromatic nitrogens is 3. The first kappa shape index (κ1) is 28.8. The van der Waals surface area contributed by atoms with Crippen LogP contribution in [0.1, 0.15) is 91.8 Å². The maximum atomic E-state index is 13.5. The summed E-state index contributed by atoms with van der Waals surface area (Å²) >= 11 is 0. The van der Waals surface area contributed by atoms with Crippen LogP contribution < -0.4 is 17.1 Å². The molecular formula is C23H35N3O8. The molecule has 0 saturated carbocycles. The molecule has 0 spiro atoms. The van der Waals surface area contributed by atoms with Crippen molar-refractivity contribution in [2.45, 2.75) is 91.8 Å². The number of rotatable bonds is 13. The maximum absolute atomic E-state index is 13.5. The van der Waals surface area contributed by atoms with Crippen molar-refractivity contribution < 1.29 is 24.2 Å². The Morgan fingerprint density at radius 2 is 1.06 bits per heavy atom. The molecule has 0 saturated heterocycles. The molecule has 0 aliphatic carbocycles. The van der Waals surface area contributed by atoms with Crippen LogP contribution in [0.25, 0.3) is 0 Å². The molecule has 0 aliphatic rings. The lowest BCUT2D eigenvalue weighted by Gasteiger charge is -2.25. The second kappa shape index (κ2) is 12.9. The molecule has 1 aromatic rings. The highest BCUT2D eigenvalue weighted by atomic mass is 16.6. The van der Waals surface area contributed by atoms with Crippen molar-refractivity contribution in [2.24, 2.45) is 0 Å². The molecule has 0 bridgehead atoms. The molecule has 11 nitrogen and oxygen atoms in total. The minimum absolute atomic E-state index is 0.0430. The molecule has 34 heavy (non-hydrogen) atoms. The Bertz CT molecular complexity index is 1020. The van der Waals surface area contributed by atoms with Crippen LogP contribution in [0.4, 0.5) is 0 Å². The van der Waals surface area contributed by atoms with Gasteiger partial charge in [0.25, 0.3) is 0 Å². The van der Waals surface area contributed by atoms with E-state index in [1.165, 1.54) is 13.8 Å². The highest BCUT2D eigenvalue weighted by Crippen LogP contribution is 2.17. The summed E-state index contributed by atoms with van der Waals surface area (Å²) in [6.45, 7) is 15.1. The minimum Gasteiger partial charge on any atom is -0.438 e. The first-order chi connectivity index (χ1) is 15.9. The van der Waals surface area contributed by atoms with E-state index in [1.807, 2.05) is 0 Å². The van der Waals surface area contributed by atoms with E-state index >= 15 is 0 Å². The SMILES string of the molecule is C=C(C)C(=O)OC(CCC)n1c(=O)n(C(O)CCC)c(=O)n(C(CCC)OC(=O)C(=C)C)c1=O. The van der Waals surface area contributed by atoms with Gasteiger partial charge in [-0.05, 0) is 20.3 Å². The lowest BCUT2D eigenvalue weighted by molar-refractivity contribution is -0.151. The van der Waals surface area contributed by atoms with Crippen molar-refractivity contribution >= 4 is 11.9 Å². The van der Waals surface area contributed by atoms with Crippen LogP contribution in [0.3, 0.4) is 0 Å². The number of ether oxygens (including phenoxy) is 2. The number of carbonyl (C=O) groups excluding carboxylic acids is 2. The number of carbonyl (C=O) groups is 2. The Hall–Kier alpha value is -3.21. The van der Waals surface area contributed by atoms with Gasteiger partial charge >= 0.3 is 29.0 Å². The molecule has 0 fully saturated rings. The normalized spacial score (nSPS) is 13.6. The molecule has 0 aliphatic heterocycles. The van der Waals surface area contributed by atoms with Crippen molar-refractivity contribution in [1.82, 2.24) is 13.7 Å². The Balaban J connectivity index is 4.00. The molecule has 190 valence electrons. The van der Waals surface area contributed by atoms with Crippen molar-refractivity contribution in [1.29, 1.82) is 0 Å². The second-order valence-electron chi connectivity index (χ2n) is 8.08. The third kappa shape index (κ3) is 6.66. The third-order valence-corrected chi connectivity index (χ3v) is 4.91. The van der Waals surface area contributed by atoms with Gasteiger partial charge in [0.05, 0.1) is 0 Å². The van der Waals surface area contributed by atoms with Crippen LogP contribution in [0.15, 0.2) is 38.7 Å². The number of aliphatic hydroxyl groups is 1.